The molecule has 7 heteroatoms. The number of aliphatic hydroxyl groups is 1. The summed E-state index contributed by atoms with van der Waals surface area (Å²) in [7, 11) is 0. The molecule has 0 spiro atoms. The number of carbonyl (C=O) groups is 2. The molecule has 3 N–H and O–H groups in total. The zero-order valence-corrected chi connectivity index (χ0v) is 14.2. The summed E-state index contributed by atoms with van der Waals surface area (Å²) in [5, 5.41) is 15.2. The molecule has 1 saturated heterocycles. The third kappa shape index (κ3) is 2.92. The van der Waals surface area contributed by atoms with Gasteiger partial charge in [-0.3, -0.25) is 4.79 Å². The van der Waals surface area contributed by atoms with E-state index in [4.69, 9.17) is 10.5 Å². The highest BCUT2D eigenvalue weighted by Gasteiger charge is 2.41. The van der Waals surface area contributed by atoms with Gasteiger partial charge in [0.25, 0.3) is 5.91 Å². The molecule has 1 unspecified atom stereocenters. The fourth-order valence-electron chi connectivity index (χ4n) is 2.96. The van der Waals surface area contributed by atoms with E-state index in [1.807, 2.05) is 24.3 Å². The molecule has 3 aromatic rings. The number of aromatic nitrogens is 2. The Hall–Kier alpha value is -3.63. The molecule has 0 aliphatic carbocycles. The Bertz CT molecular complexity index is 1140. The number of rotatable bonds is 2. The Balaban J connectivity index is 1.77. The highest BCUT2D eigenvalue weighted by molar-refractivity contribution is 6.04. The Morgan fingerprint density at radius 3 is 2.81 bits per heavy atom. The SMILES string of the molecule is NC(=O)c1nn(-c2cccc(C#CC3(O)CCOC3=O)c2)c2ccccc12. The molecule has 2 heterocycles. The number of benzene rings is 2. The molecule has 1 aromatic heterocycles. The van der Waals surface area contributed by atoms with Crippen LogP contribution in [0.3, 0.4) is 0 Å². The molecule has 1 atom stereocenters. The van der Waals surface area contributed by atoms with Gasteiger partial charge in [0.1, 0.15) is 0 Å². The molecule has 27 heavy (non-hydrogen) atoms. The quantitative estimate of drug-likeness (QED) is 0.526. The Morgan fingerprint density at radius 1 is 1.26 bits per heavy atom. The average Bonchev–Trinajstić information content (AvgIpc) is 3.22. The summed E-state index contributed by atoms with van der Waals surface area (Å²) in [6.45, 7) is 0.152. The maximum absolute atomic E-state index is 11.7. The molecule has 1 amide bonds. The zero-order chi connectivity index (χ0) is 19.0. The first-order chi connectivity index (χ1) is 13.0. The first kappa shape index (κ1) is 16.8. The second kappa shape index (κ2) is 6.27. The minimum absolute atomic E-state index is 0.143. The van der Waals surface area contributed by atoms with E-state index in [-0.39, 0.29) is 18.7 Å². The number of fused-ring (bicyclic) bond motifs is 1. The van der Waals surface area contributed by atoms with Crippen LogP contribution in [0.15, 0.2) is 48.5 Å². The number of ether oxygens (including phenoxy) is 1. The molecule has 4 rings (SSSR count). The number of nitrogens with zero attached hydrogens (tertiary/aromatic N) is 2. The summed E-state index contributed by atoms with van der Waals surface area (Å²) in [6.07, 6.45) is 0.143. The van der Waals surface area contributed by atoms with Crippen LogP contribution in [0.5, 0.6) is 0 Å². The van der Waals surface area contributed by atoms with Gasteiger partial charge in [0.05, 0.1) is 17.8 Å². The van der Waals surface area contributed by atoms with E-state index < -0.39 is 17.5 Å². The number of hydrogen-bond donors (Lipinski definition) is 2. The smallest absolute Gasteiger partial charge is 0.351 e. The van der Waals surface area contributed by atoms with Crippen molar-refractivity contribution in [2.75, 3.05) is 6.61 Å². The molecular weight excluding hydrogens is 346 g/mol. The van der Waals surface area contributed by atoms with Gasteiger partial charge in [0.2, 0.25) is 5.60 Å². The number of carbonyl (C=O) groups excluding carboxylic acids is 2. The molecule has 0 radical (unpaired) electrons. The lowest BCUT2D eigenvalue weighted by atomic mass is 10.0. The van der Waals surface area contributed by atoms with Crippen molar-refractivity contribution in [3.8, 4) is 17.5 Å². The van der Waals surface area contributed by atoms with Gasteiger partial charge < -0.3 is 15.6 Å². The summed E-state index contributed by atoms with van der Waals surface area (Å²) >= 11 is 0. The minimum atomic E-state index is -1.77. The summed E-state index contributed by atoms with van der Waals surface area (Å²) in [6, 6.07) is 14.4. The van der Waals surface area contributed by atoms with Gasteiger partial charge in [-0.15, -0.1) is 0 Å². The van der Waals surface area contributed by atoms with Gasteiger partial charge in [-0.1, -0.05) is 36.1 Å². The molecule has 7 nitrogen and oxygen atoms in total. The van der Waals surface area contributed by atoms with Gasteiger partial charge in [0.15, 0.2) is 5.69 Å². The molecule has 134 valence electrons. The number of para-hydroxylation sites is 1. The first-order valence-electron chi connectivity index (χ1n) is 8.29. The van der Waals surface area contributed by atoms with Crippen LogP contribution in [0.2, 0.25) is 0 Å². The van der Waals surface area contributed by atoms with Crippen LogP contribution in [0.4, 0.5) is 0 Å². The largest absolute Gasteiger partial charge is 0.463 e. The highest BCUT2D eigenvalue weighted by Crippen LogP contribution is 2.23. The second-order valence-corrected chi connectivity index (χ2v) is 6.19. The molecule has 1 aliphatic heterocycles. The second-order valence-electron chi connectivity index (χ2n) is 6.19. The molecule has 2 aromatic carbocycles. The number of nitrogens with two attached hydrogens (primary N) is 1. The van der Waals surface area contributed by atoms with Crippen molar-refractivity contribution in [2.45, 2.75) is 12.0 Å². The third-order valence-corrected chi connectivity index (χ3v) is 4.36. The van der Waals surface area contributed by atoms with E-state index in [9.17, 15) is 14.7 Å². The topological polar surface area (TPSA) is 107 Å². The standard InChI is InChI=1S/C20H15N3O4/c21-18(24)17-15-6-1-2-7-16(15)23(22-17)14-5-3-4-13(12-14)8-9-20(26)10-11-27-19(20)25/h1-7,12,26H,10-11H2,(H2,21,24). The maximum atomic E-state index is 11.7. The number of cyclic esters (lactones) is 1. The molecular formula is C20H15N3O4. The maximum Gasteiger partial charge on any atom is 0.351 e. The van der Waals surface area contributed by atoms with Crippen molar-refractivity contribution in [3.63, 3.8) is 0 Å². The van der Waals surface area contributed by atoms with E-state index in [1.54, 1.807) is 28.9 Å². The van der Waals surface area contributed by atoms with Crippen LogP contribution < -0.4 is 5.73 Å². The van der Waals surface area contributed by atoms with Crippen molar-refractivity contribution >= 4 is 22.8 Å². The summed E-state index contributed by atoms with van der Waals surface area (Å²) in [5.74, 6) is 4.07. The van der Waals surface area contributed by atoms with Crippen LogP contribution >= 0.6 is 0 Å². The fraction of sp³-hybridized carbons (Fsp3) is 0.150. The monoisotopic (exact) mass is 361 g/mol. The van der Waals surface area contributed by atoms with E-state index in [1.165, 1.54) is 0 Å². The van der Waals surface area contributed by atoms with Gasteiger partial charge >= 0.3 is 5.97 Å². The molecule has 0 saturated carbocycles. The van der Waals surface area contributed by atoms with Gasteiger partial charge in [-0.25, -0.2) is 9.48 Å². The van der Waals surface area contributed by atoms with Crippen LogP contribution in [0.1, 0.15) is 22.5 Å². The minimum Gasteiger partial charge on any atom is -0.463 e. The number of esters is 1. The Morgan fingerprint density at radius 2 is 2.07 bits per heavy atom. The van der Waals surface area contributed by atoms with E-state index in [0.717, 1.165) is 5.52 Å². The molecule has 0 bridgehead atoms. The molecule has 1 aliphatic rings. The first-order valence-corrected chi connectivity index (χ1v) is 8.29. The van der Waals surface area contributed by atoms with E-state index in [2.05, 4.69) is 16.9 Å². The van der Waals surface area contributed by atoms with Crippen molar-refractivity contribution in [2.24, 2.45) is 5.73 Å². The summed E-state index contributed by atoms with van der Waals surface area (Å²) < 4.78 is 6.38. The van der Waals surface area contributed by atoms with Crippen molar-refractivity contribution in [3.05, 3.63) is 59.8 Å². The van der Waals surface area contributed by atoms with Crippen molar-refractivity contribution in [1.29, 1.82) is 0 Å². The normalized spacial score (nSPS) is 18.8. The predicted octanol–water partition coefficient (Wildman–Crippen LogP) is 1.15. The zero-order valence-electron chi connectivity index (χ0n) is 14.2. The lowest BCUT2D eigenvalue weighted by molar-refractivity contribution is -0.148. The van der Waals surface area contributed by atoms with Crippen LogP contribution in [0, 0.1) is 11.8 Å². The lowest BCUT2D eigenvalue weighted by Crippen LogP contribution is -2.31. The van der Waals surface area contributed by atoms with Crippen LogP contribution in [0.25, 0.3) is 16.6 Å². The summed E-state index contributed by atoms with van der Waals surface area (Å²) in [5.41, 5.74) is 5.84. The number of amides is 1. The number of primary amides is 1. The van der Waals surface area contributed by atoms with Gasteiger partial charge in [0, 0.05) is 17.4 Å². The van der Waals surface area contributed by atoms with Gasteiger partial charge in [-0.2, -0.15) is 5.10 Å². The Kier molecular flexibility index (Phi) is 3.90. The van der Waals surface area contributed by atoms with Crippen molar-refractivity contribution < 1.29 is 19.4 Å². The average molecular weight is 361 g/mol. The third-order valence-electron chi connectivity index (χ3n) is 4.36. The predicted molar refractivity (Wildman–Crippen MR) is 97.0 cm³/mol. The fourth-order valence-corrected chi connectivity index (χ4v) is 2.96. The van der Waals surface area contributed by atoms with E-state index in [0.29, 0.717) is 16.6 Å². The van der Waals surface area contributed by atoms with Gasteiger partial charge in [-0.05, 0) is 24.3 Å². The van der Waals surface area contributed by atoms with Crippen LogP contribution in [-0.2, 0) is 9.53 Å². The molecule has 1 fully saturated rings. The lowest BCUT2D eigenvalue weighted by Gasteiger charge is -2.08. The summed E-state index contributed by atoms with van der Waals surface area (Å²) in [4.78, 5) is 23.3. The Labute approximate surface area is 154 Å². The highest BCUT2D eigenvalue weighted by atomic mass is 16.6. The van der Waals surface area contributed by atoms with E-state index >= 15 is 0 Å². The van der Waals surface area contributed by atoms with Crippen molar-refractivity contribution in [1.82, 2.24) is 9.78 Å². The number of hydrogen-bond acceptors (Lipinski definition) is 5. The van der Waals surface area contributed by atoms with Crippen LogP contribution in [-0.4, -0.2) is 39.0 Å².